The van der Waals surface area contributed by atoms with Gasteiger partial charge < -0.3 is 9.84 Å². The van der Waals surface area contributed by atoms with Gasteiger partial charge in [-0.15, -0.1) is 0 Å². The molecule has 0 aliphatic carbocycles. The lowest BCUT2D eigenvalue weighted by Crippen LogP contribution is -2.37. The second-order valence-electron chi connectivity index (χ2n) is 8.74. The lowest BCUT2D eigenvalue weighted by Gasteiger charge is -2.29. The Kier molecular flexibility index (Phi) is 5.32. The molecule has 2 heterocycles. The molecule has 0 spiro atoms. The molecule has 1 N–H and O–H groups in total. The molecular weight excluding hydrogens is 480 g/mol. The Morgan fingerprint density at radius 1 is 0.917 bits per heavy atom. The summed E-state index contributed by atoms with van der Waals surface area (Å²) in [6.45, 7) is 0. The first-order chi connectivity index (χ1) is 17.5. The van der Waals surface area contributed by atoms with Crippen LogP contribution in [0.3, 0.4) is 0 Å². The third-order valence-corrected chi connectivity index (χ3v) is 7.00. The van der Waals surface area contributed by atoms with Crippen LogP contribution in [0.2, 0.25) is 5.02 Å². The number of hydrogen-bond donors (Lipinski definition) is 1. The SMILES string of the molecule is COc1cc([C@H]2[C@H]3C(=O)N(c4cccc5ccccc45)C(=O)[C@H]3ON2c2ccc(Cl)cc2)ccc1O. The number of fused-ring (bicyclic) bond motifs is 2. The van der Waals surface area contributed by atoms with Crippen LogP contribution in [0.5, 0.6) is 11.5 Å². The molecule has 0 aromatic heterocycles. The van der Waals surface area contributed by atoms with Crippen LogP contribution in [0.25, 0.3) is 10.8 Å². The van der Waals surface area contributed by atoms with Gasteiger partial charge in [-0.1, -0.05) is 54.1 Å². The largest absolute Gasteiger partial charge is 0.504 e. The fourth-order valence-electron chi connectivity index (χ4n) is 5.08. The number of carbonyl (C=O) groups is 2. The number of carbonyl (C=O) groups excluding carboxylic acids is 2. The highest BCUT2D eigenvalue weighted by atomic mass is 35.5. The van der Waals surface area contributed by atoms with Gasteiger partial charge in [-0.2, -0.15) is 0 Å². The number of halogens is 1. The summed E-state index contributed by atoms with van der Waals surface area (Å²) < 4.78 is 5.31. The summed E-state index contributed by atoms with van der Waals surface area (Å²) in [7, 11) is 1.45. The highest BCUT2D eigenvalue weighted by molar-refractivity contribution is 6.30. The molecule has 36 heavy (non-hydrogen) atoms. The van der Waals surface area contributed by atoms with Crippen LogP contribution in [0.1, 0.15) is 11.6 Å². The Morgan fingerprint density at radius 2 is 1.67 bits per heavy atom. The van der Waals surface area contributed by atoms with Crippen molar-refractivity contribution in [2.45, 2.75) is 12.1 Å². The van der Waals surface area contributed by atoms with Crippen molar-refractivity contribution >= 4 is 45.6 Å². The van der Waals surface area contributed by atoms with Gasteiger partial charge in [0.15, 0.2) is 17.6 Å². The molecule has 2 aliphatic rings. The van der Waals surface area contributed by atoms with Gasteiger partial charge in [0.2, 0.25) is 5.91 Å². The highest BCUT2D eigenvalue weighted by Crippen LogP contribution is 2.49. The average Bonchev–Trinajstić information content (AvgIpc) is 3.40. The lowest BCUT2D eigenvalue weighted by molar-refractivity contribution is -0.126. The van der Waals surface area contributed by atoms with Gasteiger partial charge in [0.1, 0.15) is 5.92 Å². The number of methoxy groups -OCH3 is 1. The van der Waals surface area contributed by atoms with E-state index in [2.05, 4.69) is 0 Å². The van der Waals surface area contributed by atoms with E-state index in [1.807, 2.05) is 36.4 Å². The van der Waals surface area contributed by atoms with Crippen LogP contribution >= 0.6 is 11.6 Å². The molecule has 8 heteroatoms. The molecule has 2 saturated heterocycles. The van der Waals surface area contributed by atoms with E-state index in [9.17, 15) is 14.7 Å². The Bertz CT molecular complexity index is 1500. The van der Waals surface area contributed by atoms with Crippen molar-refractivity contribution in [1.29, 1.82) is 0 Å². The number of hydrogen-bond acceptors (Lipinski definition) is 6. The van der Waals surface area contributed by atoms with Gasteiger partial charge in [0, 0.05) is 10.4 Å². The van der Waals surface area contributed by atoms with Crippen molar-refractivity contribution < 1.29 is 24.3 Å². The summed E-state index contributed by atoms with van der Waals surface area (Å²) in [5.74, 6) is -1.36. The lowest BCUT2D eigenvalue weighted by atomic mass is 9.90. The maximum absolute atomic E-state index is 14.0. The van der Waals surface area contributed by atoms with Crippen molar-refractivity contribution in [3.8, 4) is 11.5 Å². The average molecular weight is 501 g/mol. The van der Waals surface area contributed by atoms with Crippen molar-refractivity contribution in [1.82, 2.24) is 0 Å². The topological polar surface area (TPSA) is 79.3 Å². The first-order valence-electron chi connectivity index (χ1n) is 11.4. The first-order valence-corrected chi connectivity index (χ1v) is 11.8. The van der Waals surface area contributed by atoms with E-state index in [4.69, 9.17) is 21.2 Å². The van der Waals surface area contributed by atoms with Crippen molar-refractivity contribution in [3.63, 3.8) is 0 Å². The number of ether oxygens (including phenoxy) is 1. The molecule has 0 unspecified atom stereocenters. The maximum Gasteiger partial charge on any atom is 0.266 e. The van der Waals surface area contributed by atoms with E-state index in [1.165, 1.54) is 18.1 Å². The second-order valence-corrected chi connectivity index (χ2v) is 9.18. The highest BCUT2D eigenvalue weighted by Gasteiger charge is 2.60. The summed E-state index contributed by atoms with van der Waals surface area (Å²) in [5.41, 5.74) is 1.83. The molecule has 2 aliphatic heterocycles. The number of aromatic hydroxyl groups is 1. The molecule has 3 atom stereocenters. The molecule has 0 saturated carbocycles. The van der Waals surface area contributed by atoms with Gasteiger partial charge >= 0.3 is 0 Å². The predicted octanol–water partition coefficient (Wildman–Crippen LogP) is 5.26. The predicted molar refractivity (Wildman–Crippen MR) is 136 cm³/mol. The third-order valence-electron chi connectivity index (χ3n) is 6.75. The Hall–Kier alpha value is -4.07. The van der Waals surface area contributed by atoms with Crippen LogP contribution in [-0.2, 0) is 14.4 Å². The van der Waals surface area contributed by atoms with Gasteiger partial charge in [-0.3, -0.25) is 14.4 Å². The Balaban J connectivity index is 1.47. The van der Waals surface area contributed by atoms with E-state index in [1.54, 1.807) is 47.5 Å². The maximum atomic E-state index is 14.0. The Morgan fingerprint density at radius 3 is 2.44 bits per heavy atom. The number of phenolic OH excluding ortho intramolecular Hbond substituents is 1. The third kappa shape index (κ3) is 3.39. The van der Waals surface area contributed by atoms with Crippen LogP contribution in [0.4, 0.5) is 11.4 Å². The molecular formula is C28H21ClN2O5. The molecule has 4 aromatic rings. The van der Waals surface area contributed by atoms with Crippen LogP contribution in [0.15, 0.2) is 84.9 Å². The number of anilines is 2. The van der Waals surface area contributed by atoms with E-state index in [0.29, 0.717) is 22.0 Å². The van der Waals surface area contributed by atoms with Gasteiger partial charge in [-0.25, -0.2) is 9.96 Å². The number of nitrogens with zero attached hydrogens (tertiary/aromatic N) is 2. The molecule has 7 nitrogen and oxygen atoms in total. The smallest absolute Gasteiger partial charge is 0.266 e. The van der Waals surface area contributed by atoms with Crippen LogP contribution < -0.4 is 14.7 Å². The normalized spacial score (nSPS) is 21.3. The zero-order valence-corrected chi connectivity index (χ0v) is 19.9. The van der Waals surface area contributed by atoms with E-state index in [-0.39, 0.29) is 17.4 Å². The monoisotopic (exact) mass is 500 g/mol. The quantitative estimate of drug-likeness (QED) is 0.385. The zero-order valence-electron chi connectivity index (χ0n) is 19.2. The molecule has 180 valence electrons. The van der Waals surface area contributed by atoms with E-state index >= 15 is 0 Å². The fourth-order valence-corrected chi connectivity index (χ4v) is 5.21. The second kappa shape index (κ2) is 8.55. The van der Waals surface area contributed by atoms with Gasteiger partial charge in [0.05, 0.1) is 24.5 Å². The summed E-state index contributed by atoms with van der Waals surface area (Å²) in [6.07, 6.45) is -1.02. The molecule has 2 fully saturated rings. The minimum Gasteiger partial charge on any atom is -0.504 e. The summed E-state index contributed by atoms with van der Waals surface area (Å²) in [6, 6.07) is 24.4. The van der Waals surface area contributed by atoms with Gasteiger partial charge in [0.25, 0.3) is 5.91 Å². The zero-order chi connectivity index (χ0) is 25.0. The van der Waals surface area contributed by atoms with Crippen molar-refractivity contribution in [2.75, 3.05) is 17.1 Å². The number of phenols is 1. The summed E-state index contributed by atoms with van der Waals surface area (Å²) >= 11 is 6.09. The van der Waals surface area contributed by atoms with Crippen molar-refractivity contribution in [3.05, 3.63) is 95.5 Å². The molecule has 4 aromatic carbocycles. The minimum absolute atomic E-state index is 0.0269. The summed E-state index contributed by atoms with van der Waals surface area (Å²) in [4.78, 5) is 35.1. The molecule has 2 amide bonds. The molecule has 0 bridgehead atoms. The number of hydroxylamine groups is 1. The standard InChI is InChI=1S/C28H21ClN2O5/c1-35-23-15-17(9-14-22(23)32)25-24-26(36-31(25)19-12-10-18(29)11-13-19)28(34)30(27(24)33)21-8-4-6-16-5-2-3-7-20(16)21/h2-15,24-26,32H,1H3/t24-,25+,26+/m1/s1. The number of benzene rings is 4. The summed E-state index contributed by atoms with van der Waals surface area (Å²) in [5, 5.41) is 14.0. The van der Waals surface area contributed by atoms with E-state index in [0.717, 1.165) is 10.8 Å². The number of amides is 2. The van der Waals surface area contributed by atoms with Crippen LogP contribution in [-0.4, -0.2) is 30.1 Å². The van der Waals surface area contributed by atoms with Crippen molar-refractivity contribution in [2.24, 2.45) is 5.92 Å². The fraction of sp³-hybridized carbons (Fsp3) is 0.143. The van der Waals surface area contributed by atoms with Crippen LogP contribution in [0, 0.1) is 5.92 Å². The Labute approximate surface area is 212 Å². The minimum atomic E-state index is -1.02. The number of imide groups is 1. The number of rotatable bonds is 4. The van der Waals surface area contributed by atoms with E-state index < -0.39 is 24.0 Å². The molecule has 0 radical (unpaired) electrons. The molecule has 6 rings (SSSR count). The first kappa shape index (κ1) is 22.4. The van der Waals surface area contributed by atoms with Gasteiger partial charge in [-0.05, 0) is 53.4 Å².